The number of esters is 1. The van der Waals surface area contributed by atoms with E-state index in [1.54, 1.807) is 0 Å². The molecule has 2 N–H and O–H groups in total. The van der Waals surface area contributed by atoms with Crippen LogP contribution in [0.2, 0.25) is 0 Å². The summed E-state index contributed by atoms with van der Waals surface area (Å²) in [5, 5.41) is 2.92. The Morgan fingerprint density at radius 3 is 2.52 bits per heavy atom. The number of amides is 1. The third-order valence-electron chi connectivity index (χ3n) is 5.60. The third-order valence-corrected chi connectivity index (χ3v) is 6.98. The molecule has 164 valence electrons. The van der Waals surface area contributed by atoms with Crippen molar-refractivity contribution in [3.63, 3.8) is 0 Å². The highest BCUT2D eigenvalue weighted by atomic mass is 32.2. The number of ether oxygens (including phenoxy) is 1. The first-order chi connectivity index (χ1) is 14.8. The van der Waals surface area contributed by atoms with Gasteiger partial charge in [0.25, 0.3) is 5.91 Å². The van der Waals surface area contributed by atoms with Crippen LogP contribution in [0, 0.1) is 13.8 Å². The standard InChI is InChI=1S/C24H28N2O4S/c1-15-5-8-19(9-6-15)31(29)12-11-20-17(3)22(26-24(20)28)13-21-16(2)18(14-25-21)7-10-23(27)30-4/h5-6,8-9,13-14,25H,7,10-12H2,1-4H3,(H,26,28)/b22-13-. The van der Waals surface area contributed by atoms with E-state index >= 15 is 0 Å². The van der Waals surface area contributed by atoms with Crippen LogP contribution in [0.25, 0.3) is 6.08 Å². The van der Waals surface area contributed by atoms with Crippen molar-refractivity contribution in [1.29, 1.82) is 0 Å². The minimum absolute atomic E-state index is 0.139. The Morgan fingerprint density at radius 1 is 1.13 bits per heavy atom. The van der Waals surface area contributed by atoms with Crippen LogP contribution in [0.3, 0.4) is 0 Å². The number of hydrogen-bond donors (Lipinski definition) is 2. The van der Waals surface area contributed by atoms with Crippen LogP contribution in [0.5, 0.6) is 0 Å². The first kappa shape index (κ1) is 22.7. The first-order valence-corrected chi connectivity index (χ1v) is 11.5. The summed E-state index contributed by atoms with van der Waals surface area (Å²) < 4.78 is 17.3. The summed E-state index contributed by atoms with van der Waals surface area (Å²) in [4.78, 5) is 27.9. The van der Waals surface area contributed by atoms with Crippen molar-refractivity contribution < 1.29 is 18.5 Å². The Labute approximate surface area is 185 Å². The summed E-state index contributed by atoms with van der Waals surface area (Å²) in [5.74, 6) is 0.0186. The number of methoxy groups -OCH3 is 1. The van der Waals surface area contributed by atoms with E-state index in [4.69, 9.17) is 4.74 Å². The summed E-state index contributed by atoms with van der Waals surface area (Å²) in [5.41, 5.74) is 6.36. The normalized spacial score (nSPS) is 16.0. The number of aryl methyl sites for hydroxylation is 2. The van der Waals surface area contributed by atoms with Gasteiger partial charge in [0.05, 0.1) is 17.9 Å². The Morgan fingerprint density at radius 2 is 1.84 bits per heavy atom. The van der Waals surface area contributed by atoms with Crippen LogP contribution >= 0.6 is 0 Å². The van der Waals surface area contributed by atoms with Gasteiger partial charge in [0, 0.05) is 40.2 Å². The van der Waals surface area contributed by atoms with Crippen LogP contribution in [0.1, 0.15) is 42.1 Å². The molecule has 31 heavy (non-hydrogen) atoms. The Hall–Kier alpha value is -2.93. The van der Waals surface area contributed by atoms with Crippen LogP contribution in [0.15, 0.2) is 52.2 Å². The van der Waals surface area contributed by atoms with E-state index in [9.17, 15) is 13.8 Å². The van der Waals surface area contributed by atoms with E-state index in [-0.39, 0.29) is 11.9 Å². The summed E-state index contributed by atoms with van der Waals surface area (Å²) in [6.45, 7) is 5.88. The van der Waals surface area contributed by atoms with Gasteiger partial charge in [-0.1, -0.05) is 17.7 Å². The largest absolute Gasteiger partial charge is 0.469 e. The smallest absolute Gasteiger partial charge is 0.305 e. The van der Waals surface area contributed by atoms with Gasteiger partial charge in [-0.3, -0.25) is 13.8 Å². The molecule has 0 radical (unpaired) electrons. The van der Waals surface area contributed by atoms with Gasteiger partial charge in [0.15, 0.2) is 0 Å². The second kappa shape index (κ2) is 9.92. The maximum Gasteiger partial charge on any atom is 0.305 e. The number of allylic oxidation sites excluding steroid dienone is 1. The molecule has 3 rings (SSSR count). The van der Waals surface area contributed by atoms with Crippen molar-refractivity contribution in [2.24, 2.45) is 0 Å². The summed E-state index contributed by atoms with van der Waals surface area (Å²) in [7, 11) is 0.231. The van der Waals surface area contributed by atoms with Crippen molar-refractivity contribution in [3.05, 3.63) is 69.7 Å². The minimum atomic E-state index is -1.15. The quantitative estimate of drug-likeness (QED) is 0.613. The topological polar surface area (TPSA) is 88.3 Å². The molecule has 1 unspecified atom stereocenters. The fraction of sp³-hybridized carbons (Fsp3) is 0.333. The summed E-state index contributed by atoms with van der Waals surface area (Å²) in [6, 6.07) is 7.63. The van der Waals surface area contributed by atoms with E-state index in [2.05, 4.69) is 10.3 Å². The van der Waals surface area contributed by atoms with Crippen LogP contribution in [-0.2, 0) is 31.5 Å². The SMILES string of the molecule is COC(=O)CCc1c[nH]c(/C=C2\NC(=O)C(CCS(=O)c3ccc(C)cc3)=C2C)c1C. The molecule has 7 heteroatoms. The average Bonchev–Trinajstić information content (AvgIpc) is 3.23. The van der Waals surface area contributed by atoms with E-state index < -0.39 is 10.8 Å². The van der Waals surface area contributed by atoms with E-state index in [1.165, 1.54) is 7.11 Å². The molecule has 1 aromatic heterocycles. The van der Waals surface area contributed by atoms with Crippen molar-refractivity contribution in [2.75, 3.05) is 12.9 Å². The van der Waals surface area contributed by atoms with Crippen molar-refractivity contribution in [1.82, 2.24) is 10.3 Å². The number of carbonyl (C=O) groups is 2. The second-order valence-electron chi connectivity index (χ2n) is 7.66. The second-order valence-corrected chi connectivity index (χ2v) is 9.23. The van der Waals surface area contributed by atoms with Crippen LogP contribution in [-0.4, -0.2) is 33.9 Å². The lowest BCUT2D eigenvalue weighted by Gasteiger charge is -2.04. The summed E-state index contributed by atoms with van der Waals surface area (Å²) >= 11 is 0. The molecule has 1 atom stereocenters. The number of hydrogen-bond acceptors (Lipinski definition) is 4. The maximum absolute atomic E-state index is 12.6. The molecule has 0 bridgehead atoms. The Bertz CT molecular complexity index is 1080. The maximum atomic E-state index is 12.6. The zero-order chi connectivity index (χ0) is 22.5. The first-order valence-electron chi connectivity index (χ1n) is 10.2. The minimum Gasteiger partial charge on any atom is -0.469 e. The van der Waals surface area contributed by atoms with E-state index in [0.717, 1.165) is 38.5 Å². The number of rotatable bonds is 8. The van der Waals surface area contributed by atoms with E-state index in [0.29, 0.717) is 30.6 Å². The molecule has 1 aliphatic heterocycles. The molecule has 0 aliphatic carbocycles. The molecule has 0 saturated heterocycles. The van der Waals surface area contributed by atoms with Gasteiger partial charge in [-0.05, 0) is 68.5 Å². The van der Waals surface area contributed by atoms with Crippen LogP contribution < -0.4 is 5.32 Å². The Balaban J connectivity index is 1.71. The molecule has 1 amide bonds. The van der Waals surface area contributed by atoms with Crippen molar-refractivity contribution in [2.45, 2.75) is 44.9 Å². The van der Waals surface area contributed by atoms with Crippen molar-refractivity contribution in [3.8, 4) is 0 Å². The van der Waals surface area contributed by atoms with Gasteiger partial charge < -0.3 is 15.0 Å². The number of aromatic nitrogens is 1. The lowest BCUT2D eigenvalue weighted by molar-refractivity contribution is -0.140. The molecular formula is C24H28N2O4S. The molecule has 2 aromatic rings. The monoisotopic (exact) mass is 440 g/mol. The molecule has 6 nitrogen and oxygen atoms in total. The van der Waals surface area contributed by atoms with Gasteiger partial charge in [0.2, 0.25) is 0 Å². The van der Waals surface area contributed by atoms with E-state index in [1.807, 2.05) is 57.3 Å². The Kier molecular flexibility index (Phi) is 7.28. The lowest BCUT2D eigenvalue weighted by Crippen LogP contribution is -2.17. The zero-order valence-corrected chi connectivity index (χ0v) is 19.2. The molecule has 0 spiro atoms. The third kappa shape index (κ3) is 5.41. The molecule has 0 saturated carbocycles. The predicted molar refractivity (Wildman–Crippen MR) is 122 cm³/mol. The van der Waals surface area contributed by atoms with Gasteiger partial charge in [-0.2, -0.15) is 0 Å². The zero-order valence-electron chi connectivity index (χ0n) is 18.3. The number of aromatic amines is 1. The molecule has 2 heterocycles. The fourth-order valence-corrected chi connectivity index (χ4v) is 4.58. The molecule has 0 fully saturated rings. The van der Waals surface area contributed by atoms with Gasteiger partial charge in [0.1, 0.15) is 0 Å². The predicted octanol–water partition coefficient (Wildman–Crippen LogP) is 3.72. The number of H-pyrrole nitrogens is 1. The molecule has 1 aromatic carbocycles. The van der Waals surface area contributed by atoms with Gasteiger partial charge in [-0.25, -0.2) is 0 Å². The van der Waals surface area contributed by atoms with Crippen LogP contribution in [0.4, 0.5) is 0 Å². The number of nitrogens with one attached hydrogen (secondary N) is 2. The number of carbonyl (C=O) groups excluding carboxylic acids is 2. The molecular weight excluding hydrogens is 412 g/mol. The fourth-order valence-electron chi connectivity index (χ4n) is 3.52. The van der Waals surface area contributed by atoms with Crippen molar-refractivity contribution >= 4 is 28.8 Å². The molecule has 1 aliphatic rings. The lowest BCUT2D eigenvalue weighted by atomic mass is 10.1. The number of benzene rings is 1. The van der Waals surface area contributed by atoms with Gasteiger partial charge >= 0.3 is 5.97 Å². The van der Waals surface area contributed by atoms with Gasteiger partial charge in [-0.15, -0.1) is 0 Å². The highest BCUT2D eigenvalue weighted by Gasteiger charge is 2.25. The highest BCUT2D eigenvalue weighted by Crippen LogP contribution is 2.27. The average molecular weight is 441 g/mol. The summed E-state index contributed by atoms with van der Waals surface area (Å²) in [6.07, 6.45) is 5.16. The highest BCUT2D eigenvalue weighted by molar-refractivity contribution is 7.85.